The molecule has 1 heterocycles. The van der Waals surface area contributed by atoms with Gasteiger partial charge in [-0.15, -0.1) is 0 Å². The van der Waals surface area contributed by atoms with Crippen molar-refractivity contribution in [3.63, 3.8) is 0 Å². The fourth-order valence-corrected chi connectivity index (χ4v) is 3.55. The van der Waals surface area contributed by atoms with Crippen molar-refractivity contribution < 1.29 is 4.74 Å². The van der Waals surface area contributed by atoms with Crippen molar-refractivity contribution >= 4 is 11.0 Å². The summed E-state index contributed by atoms with van der Waals surface area (Å²) in [5.74, 6) is 1.89. The fourth-order valence-electron chi connectivity index (χ4n) is 3.55. The van der Waals surface area contributed by atoms with E-state index in [2.05, 4.69) is 72.2 Å². The highest BCUT2D eigenvalue weighted by Crippen LogP contribution is 2.28. The number of fused-ring (bicyclic) bond motifs is 1. The second kappa shape index (κ2) is 7.67. The van der Waals surface area contributed by atoms with Gasteiger partial charge in [0.15, 0.2) is 0 Å². The molecule has 0 amide bonds. The van der Waals surface area contributed by atoms with Gasteiger partial charge < -0.3 is 9.30 Å². The first kappa shape index (κ1) is 17.3. The van der Waals surface area contributed by atoms with Gasteiger partial charge >= 0.3 is 0 Å². The number of hydrogen-bond acceptors (Lipinski definition) is 2. The van der Waals surface area contributed by atoms with Gasteiger partial charge in [-0.25, -0.2) is 4.98 Å². The maximum atomic E-state index is 5.44. The third-order valence-corrected chi connectivity index (χ3v) is 4.92. The number of rotatable bonds is 6. The minimum absolute atomic E-state index is 0.863. The Morgan fingerprint density at radius 2 is 1.78 bits per heavy atom. The minimum atomic E-state index is 0.863. The number of aryl methyl sites for hydroxylation is 3. The lowest BCUT2D eigenvalue weighted by molar-refractivity contribution is 0.415. The van der Waals surface area contributed by atoms with Crippen molar-refractivity contribution in [1.29, 1.82) is 0 Å². The van der Waals surface area contributed by atoms with Gasteiger partial charge in [0, 0.05) is 18.2 Å². The molecule has 0 aliphatic rings. The predicted molar refractivity (Wildman–Crippen MR) is 111 cm³/mol. The molecule has 0 aliphatic carbocycles. The molecule has 1 aromatic heterocycles. The molecule has 0 atom stereocenters. The van der Waals surface area contributed by atoms with Gasteiger partial charge in [0.2, 0.25) is 0 Å². The number of benzene rings is 3. The van der Waals surface area contributed by atoms with E-state index in [0.29, 0.717) is 0 Å². The van der Waals surface area contributed by atoms with Crippen LogP contribution in [0.3, 0.4) is 0 Å². The zero-order valence-corrected chi connectivity index (χ0v) is 15.9. The number of hydrogen-bond donors (Lipinski definition) is 0. The van der Waals surface area contributed by atoms with Crippen LogP contribution in [-0.2, 0) is 13.0 Å². The molecule has 0 spiro atoms. The van der Waals surface area contributed by atoms with Crippen LogP contribution in [0.25, 0.3) is 22.4 Å². The SMILES string of the molecule is COc1ccc2nc(-c3cccc(C)c3)n(CCCc3ccccc3)c2c1. The molecule has 3 aromatic carbocycles. The maximum absolute atomic E-state index is 5.44. The molecule has 4 aromatic rings. The van der Waals surface area contributed by atoms with E-state index in [1.165, 1.54) is 11.1 Å². The largest absolute Gasteiger partial charge is 0.497 e. The van der Waals surface area contributed by atoms with Crippen LogP contribution in [0.15, 0.2) is 72.8 Å². The summed E-state index contributed by atoms with van der Waals surface area (Å²) in [6, 6.07) is 25.3. The van der Waals surface area contributed by atoms with Crippen LogP contribution in [0.5, 0.6) is 5.75 Å². The molecule has 0 radical (unpaired) electrons. The normalized spacial score (nSPS) is 11.0. The van der Waals surface area contributed by atoms with E-state index in [9.17, 15) is 0 Å². The van der Waals surface area contributed by atoms with Gasteiger partial charge in [-0.3, -0.25) is 0 Å². The van der Waals surface area contributed by atoms with Crippen molar-refractivity contribution in [1.82, 2.24) is 9.55 Å². The van der Waals surface area contributed by atoms with Crippen LogP contribution in [-0.4, -0.2) is 16.7 Å². The molecule has 136 valence electrons. The van der Waals surface area contributed by atoms with E-state index in [0.717, 1.165) is 47.6 Å². The lowest BCUT2D eigenvalue weighted by atomic mass is 10.1. The topological polar surface area (TPSA) is 27.1 Å². The smallest absolute Gasteiger partial charge is 0.141 e. The molecule has 27 heavy (non-hydrogen) atoms. The first-order valence-corrected chi connectivity index (χ1v) is 9.40. The Morgan fingerprint density at radius 3 is 2.56 bits per heavy atom. The van der Waals surface area contributed by atoms with Crippen LogP contribution in [0.1, 0.15) is 17.5 Å². The van der Waals surface area contributed by atoms with E-state index >= 15 is 0 Å². The molecule has 0 N–H and O–H groups in total. The van der Waals surface area contributed by atoms with E-state index in [1.54, 1.807) is 7.11 Å². The highest BCUT2D eigenvalue weighted by atomic mass is 16.5. The van der Waals surface area contributed by atoms with Crippen LogP contribution in [0.2, 0.25) is 0 Å². The molecule has 0 fully saturated rings. The lowest BCUT2D eigenvalue weighted by Gasteiger charge is -2.11. The third-order valence-electron chi connectivity index (χ3n) is 4.92. The Hall–Kier alpha value is -3.07. The summed E-state index contributed by atoms with van der Waals surface area (Å²) in [7, 11) is 1.71. The molecular formula is C24H24N2O. The number of ether oxygens (including phenoxy) is 1. The summed E-state index contributed by atoms with van der Waals surface area (Å²) in [5.41, 5.74) is 5.90. The van der Waals surface area contributed by atoms with Gasteiger partial charge in [-0.2, -0.15) is 0 Å². The summed E-state index contributed by atoms with van der Waals surface area (Å²) in [4.78, 5) is 4.93. The molecular weight excluding hydrogens is 332 g/mol. The van der Waals surface area contributed by atoms with E-state index in [-0.39, 0.29) is 0 Å². The standard InChI is InChI=1S/C24H24N2O/c1-18-8-6-12-20(16-18)24-25-22-14-13-21(27-2)17-23(22)26(24)15-7-11-19-9-4-3-5-10-19/h3-6,8-10,12-14,16-17H,7,11,15H2,1-2H3. The molecule has 0 saturated heterocycles. The first-order valence-electron chi connectivity index (χ1n) is 9.40. The average Bonchev–Trinajstić information content (AvgIpc) is 3.06. The summed E-state index contributed by atoms with van der Waals surface area (Å²) in [5, 5.41) is 0. The Balaban J connectivity index is 1.71. The molecule has 0 saturated carbocycles. The van der Waals surface area contributed by atoms with E-state index < -0.39 is 0 Å². The average molecular weight is 356 g/mol. The van der Waals surface area contributed by atoms with Gasteiger partial charge in [0.05, 0.1) is 18.1 Å². The Morgan fingerprint density at radius 1 is 0.926 bits per heavy atom. The number of methoxy groups -OCH3 is 1. The zero-order chi connectivity index (χ0) is 18.6. The minimum Gasteiger partial charge on any atom is -0.497 e. The van der Waals surface area contributed by atoms with Crippen molar-refractivity contribution in [3.8, 4) is 17.1 Å². The number of nitrogens with zero attached hydrogens (tertiary/aromatic N) is 2. The third kappa shape index (κ3) is 3.72. The monoisotopic (exact) mass is 356 g/mol. The predicted octanol–water partition coefficient (Wildman–Crippen LogP) is 5.65. The van der Waals surface area contributed by atoms with Crippen LogP contribution in [0, 0.1) is 6.92 Å². The molecule has 3 nitrogen and oxygen atoms in total. The number of imidazole rings is 1. The van der Waals surface area contributed by atoms with Crippen LogP contribution < -0.4 is 4.74 Å². The second-order valence-corrected chi connectivity index (χ2v) is 6.90. The zero-order valence-electron chi connectivity index (χ0n) is 15.9. The van der Waals surface area contributed by atoms with Crippen molar-refractivity contribution in [2.45, 2.75) is 26.3 Å². The molecule has 0 aliphatic heterocycles. The Bertz CT molecular complexity index is 1050. The second-order valence-electron chi connectivity index (χ2n) is 6.90. The quantitative estimate of drug-likeness (QED) is 0.446. The Kier molecular flexibility index (Phi) is 4.93. The molecule has 0 bridgehead atoms. The first-order chi connectivity index (χ1) is 13.2. The van der Waals surface area contributed by atoms with Crippen LogP contribution >= 0.6 is 0 Å². The fraction of sp³-hybridized carbons (Fsp3) is 0.208. The summed E-state index contributed by atoms with van der Waals surface area (Å²) < 4.78 is 7.77. The van der Waals surface area contributed by atoms with Crippen LogP contribution in [0.4, 0.5) is 0 Å². The van der Waals surface area contributed by atoms with Crippen molar-refractivity contribution in [2.75, 3.05) is 7.11 Å². The van der Waals surface area contributed by atoms with Gasteiger partial charge in [-0.05, 0) is 43.5 Å². The van der Waals surface area contributed by atoms with Gasteiger partial charge in [-0.1, -0.05) is 54.1 Å². The van der Waals surface area contributed by atoms with Crippen molar-refractivity contribution in [2.24, 2.45) is 0 Å². The maximum Gasteiger partial charge on any atom is 0.141 e. The van der Waals surface area contributed by atoms with Crippen molar-refractivity contribution in [3.05, 3.63) is 83.9 Å². The summed E-state index contributed by atoms with van der Waals surface area (Å²) in [6.07, 6.45) is 2.11. The highest BCUT2D eigenvalue weighted by Gasteiger charge is 2.13. The van der Waals surface area contributed by atoms with Gasteiger partial charge in [0.1, 0.15) is 11.6 Å². The summed E-state index contributed by atoms with van der Waals surface area (Å²) >= 11 is 0. The van der Waals surface area contributed by atoms with E-state index in [1.807, 2.05) is 12.1 Å². The van der Waals surface area contributed by atoms with E-state index in [4.69, 9.17) is 9.72 Å². The highest BCUT2D eigenvalue weighted by molar-refractivity contribution is 5.82. The molecule has 4 rings (SSSR count). The summed E-state index contributed by atoms with van der Waals surface area (Å²) in [6.45, 7) is 3.04. The number of aromatic nitrogens is 2. The molecule has 3 heteroatoms. The molecule has 0 unspecified atom stereocenters. The Labute approximate surface area is 160 Å². The lowest BCUT2D eigenvalue weighted by Crippen LogP contribution is -2.02. The van der Waals surface area contributed by atoms with Gasteiger partial charge in [0.25, 0.3) is 0 Å².